The van der Waals surface area contributed by atoms with Gasteiger partial charge in [0.05, 0.1) is 5.92 Å². The van der Waals surface area contributed by atoms with Gasteiger partial charge in [0, 0.05) is 14.1 Å². The fraction of sp³-hybridized carbons (Fsp3) is 0.188. The summed E-state index contributed by atoms with van der Waals surface area (Å²) in [6.07, 6.45) is 0. The van der Waals surface area contributed by atoms with Crippen LogP contribution in [0.2, 0.25) is 0 Å². The van der Waals surface area contributed by atoms with E-state index in [1.165, 1.54) is 0 Å². The van der Waals surface area contributed by atoms with Crippen LogP contribution in [0, 0.1) is 0 Å². The predicted molar refractivity (Wildman–Crippen MR) is 78.4 cm³/mol. The van der Waals surface area contributed by atoms with Gasteiger partial charge in [0.2, 0.25) is 5.91 Å². The molecule has 2 aromatic rings. The molecule has 2 aromatic carbocycles. The topological polar surface area (TPSA) is 55.3 Å². The summed E-state index contributed by atoms with van der Waals surface area (Å²) in [5.74, 6) is -0.116. The predicted octanol–water partition coefficient (Wildman–Crippen LogP) is 3.07. The van der Waals surface area contributed by atoms with Crippen molar-refractivity contribution in [1.82, 2.24) is 11.1 Å². The number of carbonyl (C=O) groups is 1. The maximum Gasteiger partial charge on any atom is 0.234 e. The second kappa shape index (κ2) is 6.71. The maximum absolute atomic E-state index is 12.4. The van der Waals surface area contributed by atoms with Gasteiger partial charge in [0.25, 0.3) is 0 Å². The summed E-state index contributed by atoms with van der Waals surface area (Å²) in [6.45, 7) is 0. The Labute approximate surface area is 114 Å². The van der Waals surface area contributed by atoms with Crippen LogP contribution in [-0.4, -0.2) is 24.9 Å². The van der Waals surface area contributed by atoms with Crippen molar-refractivity contribution in [1.29, 1.82) is 0 Å². The first-order chi connectivity index (χ1) is 8.70. The number of likely N-dealkylation sites (N-methyl/N-ethyl adjacent to an activating group) is 1. The van der Waals surface area contributed by atoms with Crippen LogP contribution < -0.4 is 6.15 Å². The van der Waals surface area contributed by atoms with Crippen LogP contribution in [0.1, 0.15) is 17.0 Å². The second-order valence-corrected chi connectivity index (χ2v) is 4.49. The minimum absolute atomic E-state index is 0. The normalized spacial score (nSPS) is 9.84. The average Bonchev–Trinajstić information content (AvgIpc) is 2.41. The van der Waals surface area contributed by atoms with E-state index >= 15 is 0 Å². The van der Waals surface area contributed by atoms with Gasteiger partial charge in [0.15, 0.2) is 0 Å². The average molecular weight is 256 g/mol. The zero-order valence-corrected chi connectivity index (χ0v) is 11.4. The zero-order valence-electron chi connectivity index (χ0n) is 11.4. The quantitative estimate of drug-likeness (QED) is 0.917. The molecule has 0 radical (unpaired) electrons. The van der Waals surface area contributed by atoms with E-state index in [1.807, 2.05) is 60.7 Å². The summed E-state index contributed by atoms with van der Waals surface area (Å²) in [6, 6.07) is 19.8. The van der Waals surface area contributed by atoms with E-state index < -0.39 is 0 Å². The second-order valence-electron chi connectivity index (χ2n) is 4.49. The highest BCUT2D eigenvalue weighted by molar-refractivity contribution is 5.86. The molecule has 2 rings (SSSR count). The highest BCUT2D eigenvalue weighted by Gasteiger charge is 2.23. The standard InChI is InChI=1S/C16H17NO.H3N/c1-17(2)16(18)15(13-9-5-3-6-10-13)14-11-7-4-8-12-14;/h3-12,15H,1-2H3;1H3. The number of hydrogen-bond acceptors (Lipinski definition) is 2. The van der Waals surface area contributed by atoms with E-state index in [1.54, 1.807) is 19.0 Å². The SMILES string of the molecule is CN(C)C(=O)C(c1ccccc1)c1ccccc1.N. The minimum atomic E-state index is -0.220. The summed E-state index contributed by atoms with van der Waals surface area (Å²) in [7, 11) is 3.59. The van der Waals surface area contributed by atoms with Crippen molar-refractivity contribution in [2.24, 2.45) is 0 Å². The summed E-state index contributed by atoms with van der Waals surface area (Å²) >= 11 is 0. The van der Waals surface area contributed by atoms with E-state index in [-0.39, 0.29) is 18.0 Å². The summed E-state index contributed by atoms with van der Waals surface area (Å²) in [5, 5.41) is 0. The molecule has 3 nitrogen and oxygen atoms in total. The molecule has 0 heterocycles. The molecule has 0 fully saturated rings. The third-order valence-electron chi connectivity index (χ3n) is 2.95. The van der Waals surface area contributed by atoms with Gasteiger partial charge in [-0.25, -0.2) is 0 Å². The molecule has 19 heavy (non-hydrogen) atoms. The van der Waals surface area contributed by atoms with Crippen molar-refractivity contribution in [2.45, 2.75) is 5.92 Å². The molecular formula is C16H20N2O. The van der Waals surface area contributed by atoms with E-state index in [2.05, 4.69) is 0 Å². The van der Waals surface area contributed by atoms with Gasteiger partial charge in [0.1, 0.15) is 0 Å². The molecule has 1 amide bonds. The third kappa shape index (κ3) is 3.42. The summed E-state index contributed by atoms with van der Waals surface area (Å²) < 4.78 is 0. The number of benzene rings is 2. The van der Waals surface area contributed by atoms with Gasteiger partial charge in [-0.2, -0.15) is 0 Å². The van der Waals surface area contributed by atoms with Crippen molar-refractivity contribution in [3.63, 3.8) is 0 Å². The lowest BCUT2D eigenvalue weighted by molar-refractivity contribution is -0.129. The monoisotopic (exact) mass is 256 g/mol. The number of rotatable bonds is 3. The molecule has 3 N–H and O–H groups in total. The van der Waals surface area contributed by atoms with Crippen LogP contribution in [0.15, 0.2) is 60.7 Å². The van der Waals surface area contributed by atoms with Crippen molar-refractivity contribution in [3.8, 4) is 0 Å². The van der Waals surface area contributed by atoms with Crippen molar-refractivity contribution in [2.75, 3.05) is 14.1 Å². The van der Waals surface area contributed by atoms with Crippen LogP contribution in [-0.2, 0) is 4.79 Å². The molecule has 0 bridgehead atoms. The lowest BCUT2D eigenvalue weighted by Crippen LogP contribution is -2.28. The Hall–Kier alpha value is -2.13. The first-order valence-electron chi connectivity index (χ1n) is 6.01. The molecule has 3 heteroatoms. The van der Waals surface area contributed by atoms with Gasteiger partial charge < -0.3 is 11.1 Å². The lowest BCUT2D eigenvalue weighted by Gasteiger charge is -2.21. The maximum atomic E-state index is 12.4. The Kier molecular flexibility index (Phi) is 5.27. The molecule has 0 saturated heterocycles. The highest BCUT2D eigenvalue weighted by atomic mass is 16.2. The Morgan fingerprint density at radius 2 is 1.21 bits per heavy atom. The number of amides is 1. The van der Waals surface area contributed by atoms with E-state index in [4.69, 9.17) is 0 Å². The highest BCUT2D eigenvalue weighted by Crippen LogP contribution is 2.25. The molecule has 0 unspecified atom stereocenters. The Bertz CT molecular complexity index is 469. The fourth-order valence-corrected chi connectivity index (χ4v) is 2.03. The van der Waals surface area contributed by atoms with Crippen LogP contribution in [0.3, 0.4) is 0 Å². The third-order valence-corrected chi connectivity index (χ3v) is 2.95. The molecule has 0 atom stereocenters. The van der Waals surface area contributed by atoms with Gasteiger partial charge in [-0.1, -0.05) is 60.7 Å². The van der Waals surface area contributed by atoms with Gasteiger partial charge >= 0.3 is 0 Å². The van der Waals surface area contributed by atoms with E-state index in [0.29, 0.717) is 0 Å². The zero-order chi connectivity index (χ0) is 13.0. The molecular weight excluding hydrogens is 236 g/mol. The lowest BCUT2D eigenvalue weighted by atomic mass is 9.90. The number of hydrogen-bond donors (Lipinski definition) is 1. The van der Waals surface area contributed by atoms with E-state index in [0.717, 1.165) is 11.1 Å². The van der Waals surface area contributed by atoms with Gasteiger partial charge in [-0.15, -0.1) is 0 Å². The van der Waals surface area contributed by atoms with Crippen LogP contribution >= 0.6 is 0 Å². The van der Waals surface area contributed by atoms with Crippen molar-refractivity contribution in [3.05, 3.63) is 71.8 Å². The number of carbonyl (C=O) groups excluding carboxylic acids is 1. The number of nitrogens with zero attached hydrogens (tertiary/aromatic N) is 1. The Balaban J connectivity index is 0.00000180. The minimum Gasteiger partial charge on any atom is -0.348 e. The Morgan fingerprint density at radius 3 is 1.53 bits per heavy atom. The summed E-state index contributed by atoms with van der Waals surface area (Å²) in [4.78, 5) is 14.0. The molecule has 0 aliphatic carbocycles. The van der Waals surface area contributed by atoms with Crippen molar-refractivity contribution < 1.29 is 4.79 Å². The molecule has 0 aliphatic rings. The first kappa shape index (κ1) is 14.9. The first-order valence-corrected chi connectivity index (χ1v) is 6.01. The molecule has 0 saturated carbocycles. The van der Waals surface area contributed by atoms with Crippen LogP contribution in [0.25, 0.3) is 0 Å². The largest absolute Gasteiger partial charge is 0.348 e. The fourth-order valence-electron chi connectivity index (χ4n) is 2.03. The molecule has 0 aliphatic heterocycles. The van der Waals surface area contributed by atoms with Crippen molar-refractivity contribution >= 4 is 5.91 Å². The molecule has 0 aromatic heterocycles. The molecule has 0 spiro atoms. The van der Waals surface area contributed by atoms with E-state index in [9.17, 15) is 4.79 Å². The van der Waals surface area contributed by atoms with Gasteiger partial charge in [-0.05, 0) is 11.1 Å². The smallest absolute Gasteiger partial charge is 0.234 e. The molecule has 100 valence electrons. The van der Waals surface area contributed by atoms with Gasteiger partial charge in [-0.3, -0.25) is 4.79 Å². The summed E-state index contributed by atoms with van der Waals surface area (Å²) in [5.41, 5.74) is 2.06. The van der Waals surface area contributed by atoms with Crippen LogP contribution in [0.4, 0.5) is 0 Å². The Morgan fingerprint density at radius 1 is 0.842 bits per heavy atom. The van der Waals surface area contributed by atoms with Crippen LogP contribution in [0.5, 0.6) is 0 Å².